The van der Waals surface area contributed by atoms with Crippen LogP contribution < -0.4 is 20.1 Å². The Labute approximate surface area is 134 Å². The van der Waals surface area contributed by atoms with E-state index in [1.165, 1.54) is 7.11 Å². The van der Waals surface area contributed by atoms with Crippen molar-refractivity contribution in [3.63, 3.8) is 0 Å². The number of methoxy groups -OCH3 is 2. The second kappa shape index (κ2) is 7.04. The summed E-state index contributed by atoms with van der Waals surface area (Å²) in [6.07, 6.45) is 0. The number of nitrogens with one attached hydrogen (secondary N) is 2. The van der Waals surface area contributed by atoms with Gasteiger partial charge >= 0.3 is 12.0 Å². The Kier molecular flexibility index (Phi) is 5.10. The van der Waals surface area contributed by atoms with Crippen LogP contribution in [0.5, 0.6) is 11.5 Å². The SMILES string of the molecule is CCOC(=O)C1=C(C)NC(=O)N[C@@H]1c1cc(OC)ccc1OC. The fraction of sp³-hybridized carbons (Fsp3) is 0.375. The zero-order valence-corrected chi connectivity index (χ0v) is 13.6. The Bertz CT molecular complexity index is 654. The van der Waals surface area contributed by atoms with Crippen LogP contribution in [0.4, 0.5) is 4.79 Å². The van der Waals surface area contributed by atoms with Crippen LogP contribution in [0.15, 0.2) is 29.5 Å². The number of hydrogen-bond acceptors (Lipinski definition) is 5. The molecule has 7 nitrogen and oxygen atoms in total. The molecule has 0 unspecified atom stereocenters. The summed E-state index contributed by atoms with van der Waals surface area (Å²) < 4.78 is 15.7. The normalized spacial score (nSPS) is 17.2. The van der Waals surface area contributed by atoms with Gasteiger partial charge in [-0.25, -0.2) is 9.59 Å². The Morgan fingerprint density at radius 2 is 2.00 bits per heavy atom. The molecule has 2 N–H and O–H groups in total. The van der Waals surface area contributed by atoms with Gasteiger partial charge in [-0.1, -0.05) is 0 Å². The van der Waals surface area contributed by atoms with E-state index in [0.29, 0.717) is 28.3 Å². The maximum atomic E-state index is 12.3. The summed E-state index contributed by atoms with van der Waals surface area (Å²) in [5, 5.41) is 5.33. The van der Waals surface area contributed by atoms with Crippen molar-refractivity contribution in [1.29, 1.82) is 0 Å². The van der Waals surface area contributed by atoms with Gasteiger partial charge in [0, 0.05) is 11.3 Å². The van der Waals surface area contributed by atoms with Gasteiger partial charge in [-0.05, 0) is 32.0 Å². The van der Waals surface area contributed by atoms with E-state index in [2.05, 4.69) is 10.6 Å². The lowest BCUT2D eigenvalue weighted by atomic mass is 9.94. The summed E-state index contributed by atoms with van der Waals surface area (Å²) >= 11 is 0. The van der Waals surface area contributed by atoms with Crippen LogP contribution in [0.1, 0.15) is 25.5 Å². The second-order valence-corrected chi connectivity index (χ2v) is 4.90. The van der Waals surface area contributed by atoms with Gasteiger partial charge in [-0.3, -0.25) is 0 Å². The van der Waals surface area contributed by atoms with E-state index in [9.17, 15) is 9.59 Å². The van der Waals surface area contributed by atoms with Crippen LogP contribution in [0.2, 0.25) is 0 Å². The molecule has 1 aromatic carbocycles. The maximum Gasteiger partial charge on any atom is 0.338 e. The molecule has 1 aliphatic rings. The molecule has 0 fully saturated rings. The highest BCUT2D eigenvalue weighted by molar-refractivity contribution is 5.95. The average Bonchev–Trinajstić information content (AvgIpc) is 2.53. The molecule has 0 aromatic heterocycles. The Morgan fingerprint density at radius 1 is 1.26 bits per heavy atom. The van der Waals surface area contributed by atoms with E-state index in [0.717, 1.165) is 0 Å². The van der Waals surface area contributed by atoms with Crippen LogP contribution in [0.3, 0.4) is 0 Å². The Balaban J connectivity index is 2.56. The molecular weight excluding hydrogens is 300 g/mol. The van der Waals surface area contributed by atoms with Crippen molar-refractivity contribution in [2.75, 3.05) is 20.8 Å². The molecule has 1 atom stereocenters. The minimum atomic E-state index is -0.687. The lowest BCUT2D eigenvalue weighted by Crippen LogP contribution is -2.45. The van der Waals surface area contributed by atoms with Gasteiger partial charge in [0.05, 0.1) is 32.4 Å². The predicted octanol–water partition coefficient (Wildman–Crippen LogP) is 1.89. The van der Waals surface area contributed by atoms with Gasteiger partial charge in [0.25, 0.3) is 0 Å². The average molecular weight is 320 g/mol. The largest absolute Gasteiger partial charge is 0.497 e. The van der Waals surface area contributed by atoms with Crippen molar-refractivity contribution in [3.05, 3.63) is 35.0 Å². The number of benzene rings is 1. The summed E-state index contributed by atoms with van der Waals surface area (Å²) in [6, 6.07) is 4.10. The van der Waals surface area contributed by atoms with E-state index in [4.69, 9.17) is 14.2 Å². The van der Waals surface area contributed by atoms with E-state index in [-0.39, 0.29) is 6.61 Å². The minimum Gasteiger partial charge on any atom is -0.497 e. The molecule has 0 bridgehead atoms. The fourth-order valence-electron chi connectivity index (χ4n) is 2.47. The number of rotatable bonds is 5. The third kappa shape index (κ3) is 3.39. The van der Waals surface area contributed by atoms with E-state index in [1.54, 1.807) is 39.2 Å². The molecule has 1 heterocycles. The van der Waals surface area contributed by atoms with Gasteiger partial charge in [0.2, 0.25) is 0 Å². The second-order valence-electron chi connectivity index (χ2n) is 4.90. The van der Waals surface area contributed by atoms with Gasteiger partial charge in [0.1, 0.15) is 11.5 Å². The van der Waals surface area contributed by atoms with Crippen molar-refractivity contribution < 1.29 is 23.8 Å². The van der Waals surface area contributed by atoms with Crippen molar-refractivity contribution in [1.82, 2.24) is 10.6 Å². The summed E-state index contributed by atoms with van der Waals surface area (Å²) in [6.45, 7) is 3.62. The third-order valence-corrected chi connectivity index (χ3v) is 3.51. The quantitative estimate of drug-likeness (QED) is 0.809. The van der Waals surface area contributed by atoms with Crippen LogP contribution in [0.25, 0.3) is 0 Å². The summed E-state index contributed by atoms with van der Waals surface area (Å²) in [5.74, 6) is 0.634. The van der Waals surface area contributed by atoms with Crippen molar-refractivity contribution in [2.24, 2.45) is 0 Å². The van der Waals surface area contributed by atoms with Crippen LogP contribution in [-0.2, 0) is 9.53 Å². The van der Waals surface area contributed by atoms with Gasteiger partial charge in [-0.2, -0.15) is 0 Å². The number of hydrogen-bond donors (Lipinski definition) is 2. The summed E-state index contributed by atoms with van der Waals surface area (Å²) in [5.41, 5.74) is 1.39. The molecule has 23 heavy (non-hydrogen) atoms. The number of amides is 2. The van der Waals surface area contributed by atoms with Crippen molar-refractivity contribution in [2.45, 2.75) is 19.9 Å². The monoisotopic (exact) mass is 320 g/mol. The first kappa shape index (κ1) is 16.7. The lowest BCUT2D eigenvalue weighted by Gasteiger charge is -2.29. The maximum absolute atomic E-state index is 12.3. The molecule has 0 saturated heterocycles. The molecule has 2 amide bonds. The first-order chi connectivity index (χ1) is 11.0. The highest BCUT2D eigenvalue weighted by Crippen LogP contribution is 2.35. The highest BCUT2D eigenvalue weighted by atomic mass is 16.5. The molecule has 0 aliphatic carbocycles. The Hall–Kier alpha value is -2.70. The third-order valence-electron chi connectivity index (χ3n) is 3.51. The predicted molar refractivity (Wildman–Crippen MR) is 83.3 cm³/mol. The van der Waals surface area contributed by atoms with Gasteiger partial charge < -0.3 is 24.8 Å². The number of carbonyl (C=O) groups excluding carboxylic acids is 2. The van der Waals surface area contributed by atoms with E-state index in [1.807, 2.05) is 0 Å². The zero-order valence-electron chi connectivity index (χ0n) is 13.6. The molecule has 124 valence electrons. The van der Waals surface area contributed by atoms with E-state index >= 15 is 0 Å². The molecule has 1 aromatic rings. The van der Waals surface area contributed by atoms with Gasteiger partial charge in [0.15, 0.2) is 0 Å². The standard InChI is InChI=1S/C16H20N2O5/c1-5-23-15(19)13-9(2)17-16(20)18-14(13)11-8-10(21-3)6-7-12(11)22-4/h6-8,14H,5H2,1-4H3,(H2,17,18,20)/t14-/m1/s1. The zero-order chi connectivity index (χ0) is 17.0. The molecule has 0 saturated carbocycles. The molecular formula is C16H20N2O5. The lowest BCUT2D eigenvalue weighted by molar-refractivity contribution is -0.139. The number of carbonyl (C=O) groups is 2. The van der Waals surface area contributed by atoms with E-state index < -0.39 is 18.0 Å². The fourth-order valence-corrected chi connectivity index (χ4v) is 2.47. The molecule has 1 aliphatic heterocycles. The van der Waals surface area contributed by atoms with Gasteiger partial charge in [-0.15, -0.1) is 0 Å². The van der Waals surface area contributed by atoms with Crippen LogP contribution in [-0.4, -0.2) is 32.8 Å². The molecule has 7 heteroatoms. The molecule has 0 radical (unpaired) electrons. The minimum absolute atomic E-state index is 0.242. The molecule has 2 rings (SSSR count). The Morgan fingerprint density at radius 3 is 2.61 bits per heavy atom. The number of esters is 1. The summed E-state index contributed by atoms with van der Waals surface area (Å²) in [7, 11) is 3.06. The van der Waals surface area contributed by atoms with Crippen LogP contribution >= 0.6 is 0 Å². The van der Waals surface area contributed by atoms with Crippen LogP contribution in [0, 0.1) is 0 Å². The first-order valence-electron chi connectivity index (χ1n) is 7.19. The first-order valence-corrected chi connectivity index (χ1v) is 7.19. The number of ether oxygens (including phenoxy) is 3. The summed E-state index contributed by atoms with van der Waals surface area (Å²) in [4.78, 5) is 24.2. The number of urea groups is 1. The van der Waals surface area contributed by atoms with Crippen molar-refractivity contribution >= 4 is 12.0 Å². The topological polar surface area (TPSA) is 85.9 Å². The highest BCUT2D eigenvalue weighted by Gasteiger charge is 2.34. The molecule has 0 spiro atoms. The number of allylic oxidation sites excluding steroid dienone is 1. The smallest absolute Gasteiger partial charge is 0.338 e. The van der Waals surface area contributed by atoms with Crippen molar-refractivity contribution in [3.8, 4) is 11.5 Å².